The molecule has 0 spiro atoms. The molecule has 0 radical (unpaired) electrons. The number of rotatable bonds is 9. The molecule has 0 bridgehead atoms. The molecule has 138 valence electrons. The minimum absolute atomic E-state index is 0.0957. The van der Waals surface area contributed by atoms with E-state index in [0.29, 0.717) is 24.9 Å². The summed E-state index contributed by atoms with van der Waals surface area (Å²) in [6, 6.07) is 13.0. The van der Waals surface area contributed by atoms with E-state index in [9.17, 15) is 14.0 Å². The van der Waals surface area contributed by atoms with Gasteiger partial charge in [-0.1, -0.05) is 19.1 Å². The number of halogens is 1. The van der Waals surface area contributed by atoms with Crippen LogP contribution in [0.5, 0.6) is 0 Å². The lowest BCUT2D eigenvalue weighted by Crippen LogP contribution is -2.25. The van der Waals surface area contributed by atoms with E-state index in [-0.39, 0.29) is 17.6 Å². The molecule has 2 aromatic rings. The second-order valence-corrected chi connectivity index (χ2v) is 5.90. The van der Waals surface area contributed by atoms with Gasteiger partial charge in [-0.25, -0.2) is 4.39 Å². The highest BCUT2D eigenvalue weighted by Gasteiger charge is 2.06. The molecular formula is C20H24FN3O2. The van der Waals surface area contributed by atoms with Crippen LogP contribution in [0.2, 0.25) is 0 Å². The van der Waals surface area contributed by atoms with Gasteiger partial charge in [-0.05, 0) is 54.9 Å². The van der Waals surface area contributed by atoms with Crippen LogP contribution in [0.3, 0.4) is 0 Å². The van der Waals surface area contributed by atoms with Crippen LogP contribution < -0.4 is 16.0 Å². The Morgan fingerprint density at radius 1 is 1.08 bits per heavy atom. The molecule has 0 aliphatic carbocycles. The summed E-state index contributed by atoms with van der Waals surface area (Å²) in [5.74, 6) is -0.754. The van der Waals surface area contributed by atoms with Crippen LogP contribution in [0.4, 0.5) is 10.1 Å². The molecule has 0 atom stereocenters. The molecule has 0 fully saturated rings. The van der Waals surface area contributed by atoms with Crippen molar-refractivity contribution >= 4 is 17.5 Å². The zero-order valence-corrected chi connectivity index (χ0v) is 14.8. The van der Waals surface area contributed by atoms with Crippen LogP contribution in [0.1, 0.15) is 35.7 Å². The summed E-state index contributed by atoms with van der Waals surface area (Å²) in [6.45, 7) is 4.07. The number of carbonyl (C=O) groups is 2. The van der Waals surface area contributed by atoms with Gasteiger partial charge in [0.1, 0.15) is 5.82 Å². The van der Waals surface area contributed by atoms with Gasteiger partial charge in [0.05, 0.1) is 0 Å². The Morgan fingerprint density at radius 2 is 1.85 bits per heavy atom. The van der Waals surface area contributed by atoms with Gasteiger partial charge in [0.2, 0.25) is 5.91 Å². The number of amides is 2. The molecule has 3 N–H and O–H groups in total. The summed E-state index contributed by atoms with van der Waals surface area (Å²) in [6.07, 6.45) is 0.830. The van der Waals surface area contributed by atoms with Gasteiger partial charge in [0.25, 0.3) is 5.91 Å². The van der Waals surface area contributed by atoms with E-state index >= 15 is 0 Å². The lowest BCUT2D eigenvalue weighted by molar-refractivity contribution is -0.116. The molecule has 0 aliphatic heterocycles. The SMILES string of the molecule is CCNCc1cccc(NC(=O)CCCNC(=O)c2ccc(F)cc2)c1. The predicted molar refractivity (Wildman–Crippen MR) is 100 cm³/mol. The summed E-state index contributed by atoms with van der Waals surface area (Å²) in [5.41, 5.74) is 2.27. The molecule has 0 aromatic heterocycles. The van der Waals surface area contributed by atoms with Gasteiger partial charge < -0.3 is 16.0 Å². The number of carbonyl (C=O) groups excluding carboxylic acids is 2. The van der Waals surface area contributed by atoms with Crippen molar-refractivity contribution in [3.05, 3.63) is 65.5 Å². The molecular weight excluding hydrogens is 333 g/mol. The first-order valence-corrected chi connectivity index (χ1v) is 8.71. The van der Waals surface area contributed by atoms with Crippen molar-refractivity contribution in [1.82, 2.24) is 10.6 Å². The van der Waals surface area contributed by atoms with Crippen molar-refractivity contribution in [1.29, 1.82) is 0 Å². The van der Waals surface area contributed by atoms with E-state index in [2.05, 4.69) is 16.0 Å². The molecule has 2 amide bonds. The van der Waals surface area contributed by atoms with Crippen LogP contribution in [-0.4, -0.2) is 24.9 Å². The molecule has 6 heteroatoms. The monoisotopic (exact) mass is 357 g/mol. The highest BCUT2D eigenvalue weighted by Crippen LogP contribution is 2.11. The minimum atomic E-state index is -0.382. The fourth-order valence-electron chi connectivity index (χ4n) is 2.41. The Kier molecular flexibility index (Phi) is 7.76. The van der Waals surface area contributed by atoms with Gasteiger partial charge >= 0.3 is 0 Å². The Bertz CT molecular complexity index is 732. The van der Waals surface area contributed by atoms with Crippen LogP contribution in [0.25, 0.3) is 0 Å². The molecule has 26 heavy (non-hydrogen) atoms. The normalized spacial score (nSPS) is 10.4. The molecule has 0 aliphatic rings. The fraction of sp³-hybridized carbons (Fsp3) is 0.300. The Hall–Kier alpha value is -2.73. The fourth-order valence-corrected chi connectivity index (χ4v) is 2.41. The lowest BCUT2D eigenvalue weighted by atomic mass is 10.2. The van der Waals surface area contributed by atoms with Crippen LogP contribution >= 0.6 is 0 Å². The summed E-state index contributed by atoms with van der Waals surface area (Å²) >= 11 is 0. The largest absolute Gasteiger partial charge is 0.352 e. The topological polar surface area (TPSA) is 70.2 Å². The average molecular weight is 357 g/mol. The van der Waals surface area contributed by atoms with Gasteiger partial charge in [-0.2, -0.15) is 0 Å². The number of anilines is 1. The average Bonchev–Trinajstić information content (AvgIpc) is 2.64. The quantitative estimate of drug-likeness (QED) is 0.604. The number of hydrogen-bond donors (Lipinski definition) is 3. The molecule has 2 aromatic carbocycles. The van der Waals surface area contributed by atoms with E-state index < -0.39 is 0 Å². The minimum Gasteiger partial charge on any atom is -0.352 e. The first-order chi connectivity index (χ1) is 12.6. The molecule has 2 rings (SSSR count). The third kappa shape index (κ3) is 6.64. The standard InChI is InChI=1S/C20H24FN3O2/c1-2-22-14-15-5-3-6-18(13-15)24-19(25)7-4-12-23-20(26)16-8-10-17(21)11-9-16/h3,5-6,8-11,13,22H,2,4,7,12,14H2,1H3,(H,23,26)(H,24,25). The van der Waals surface area contributed by atoms with E-state index in [0.717, 1.165) is 24.3 Å². The first kappa shape index (κ1) is 19.6. The summed E-state index contributed by atoms with van der Waals surface area (Å²) < 4.78 is 12.8. The van der Waals surface area contributed by atoms with Crippen molar-refractivity contribution in [3.63, 3.8) is 0 Å². The van der Waals surface area contributed by atoms with Crippen LogP contribution in [0, 0.1) is 5.82 Å². The van der Waals surface area contributed by atoms with Gasteiger partial charge in [-0.15, -0.1) is 0 Å². The smallest absolute Gasteiger partial charge is 0.251 e. The van der Waals surface area contributed by atoms with Crippen molar-refractivity contribution in [2.45, 2.75) is 26.3 Å². The third-order valence-electron chi connectivity index (χ3n) is 3.76. The second-order valence-electron chi connectivity index (χ2n) is 5.90. The highest BCUT2D eigenvalue weighted by atomic mass is 19.1. The number of hydrogen-bond acceptors (Lipinski definition) is 3. The van der Waals surface area contributed by atoms with Gasteiger partial charge in [0, 0.05) is 30.8 Å². The second kappa shape index (κ2) is 10.3. The van der Waals surface area contributed by atoms with Gasteiger partial charge in [-0.3, -0.25) is 9.59 Å². The predicted octanol–water partition coefficient (Wildman–Crippen LogP) is 3.08. The maximum Gasteiger partial charge on any atom is 0.251 e. The van der Waals surface area contributed by atoms with Crippen LogP contribution in [0.15, 0.2) is 48.5 Å². The third-order valence-corrected chi connectivity index (χ3v) is 3.76. The van der Waals surface area contributed by atoms with Crippen LogP contribution in [-0.2, 0) is 11.3 Å². The molecule has 5 nitrogen and oxygen atoms in total. The Morgan fingerprint density at radius 3 is 2.58 bits per heavy atom. The Labute approximate surface area is 153 Å². The lowest BCUT2D eigenvalue weighted by Gasteiger charge is -2.08. The van der Waals surface area contributed by atoms with Crippen molar-refractivity contribution < 1.29 is 14.0 Å². The summed E-state index contributed by atoms with van der Waals surface area (Å²) in [4.78, 5) is 23.9. The molecule has 0 saturated carbocycles. The first-order valence-electron chi connectivity index (χ1n) is 8.71. The van der Waals surface area contributed by atoms with E-state index in [1.54, 1.807) is 0 Å². The van der Waals surface area contributed by atoms with E-state index in [1.807, 2.05) is 31.2 Å². The number of benzene rings is 2. The maximum atomic E-state index is 12.8. The molecule has 0 saturated heterocycles. The zero-order chi connectivity index (χ0) is 18.8. The molecule has 0 unspecified atom stereocenters. The molecule has 0 heterocycles. The summed E-state index contributed by atoms with van der Waals surface area (Å²) in [5, 5.41) is 8.82. The van der Waals surface area contributed by atoms with E-state index in [1.165, 1.54) is 24.3 Å². The van der Waals surface area contributed by atoms with Crippen molar-refractivity contribution in [2.75, 3.05) is 18.4 Å². The highest BCUT2D eigenvalue weighted by molar-refractivity contribution is 5.94. The van der Waals surface area contributed by atoms with Crippen molar-refractivity contribution in [2.24, 2.45) is 0 Å². The van der Waals surface area contributed by atoms with Gasteiger partial charge in [0.15, 0.2) is 0 Å². The summed E-state index contributed by atoms with van der Waals surface area (Å²) in [7, 11) is 0. The zero-order valence-electron chi connectivity index (χ0n) is 14.8. The number of nitrogens with one attached hydrogen (secondary N) is 3. The maximum absolute atomic E-state index is 12.8. The van der Waals surface area contributed by atoms with Crippen molar-refractivity contribution in [3.8, 4) is 0 Å². The Balaban J connectivity index is 1.70. The van der Waals surface area contributed by atoms with E-state index in [4.69, 9.17) is 0 Å².